The summed E-state index contributed by atoms with van der Waals surface area (Å²) in [6.45, 7) is 2.85. The van der Waals surface area contributed by atoms with E-state index in [9.17, 15) is 0 Å². The summed E-state index contributed by atoms with van der Waals surface area (Å²) in [5.41, 5.74) is 1.13. The average Bonchev–Trinajstić information content (AvgIpc) is 3.03. The van der Waals surface area contributed by atoms with Crippen molar-refractivity contribution < 1.29 is 4.74 Å². The van der Waals surface area contributed by atoms with Crippen LogP contribution in [0.15, 0.2) is 24.3 Å². The maximum atomic E-state index is 5.34. The first kappa shape index (κ1) is 12.1. The molecule has 3 nitrogen and oxygen atoms in total. The average molecular weight is 262 g/mol. The van der Waals surface area contributed by atoms with E-state index in [-0.39, 0.29) is 0 Å². The van der Waals surface area contributed by atoms with Crippen LogP contribution in [0.3, 0.4) is 0 Å². The normalized spacial score (nSPS) is 19.7. The van der Waals surface area contributed by atoms with Crippen LogP contribution in [0, 0.1) is 0 Å². The second kappa shape index (κ2) is 5.78. The molecule has 0 bridgehead atoms. The van der Waals surface area contributed by atoms with Gasteiger partial charge in [0, 0.05) is 19.1 Å². The van der Waals surface area contributed by atoms with Gasteiger partial charge in [0.1, 0.15) is 0 Å². The van der Waals surface area contributed by atoms with Crippen molar-refractivity contribution in [3.63, 3.8) is 0 Å². The summed E-state index contributed by atoms with van der Waals surface area (Å²) in [5, 5.41) is 4.79. The number of fused-ring (bicyclic) bond motifs is 1. The molecule has 1 fully saturated rings. The highest BCUT2D eigenvalue weighted by Crippen LogP contribution is 2.22. The smallest absolute Gasteiger partial charge is 0.0939 e. The van der Waals surface area contributed by atoms with Crippen LogP contribution in [0.25, 0.3) is 10.2 Å². The van der Waals surface area contributed by atoms with Gasteiger partial charge in [0.05, 0.1) is 21.8 Å². The number of thiazole rings is 1. The lowest BCUT2D eigenvalue weighted by atomic mass is 10.2. The Balaban J connectivity index is 1.47. The summed E-state index contributed by atoms with van der Waals surface area (Å²) in [7, 11) is 0. The highest BCUT2D eigenvalue weighted by molar-refractivity contribution is 7.18. The molecule has 1 N–H and O–H groups in total. The van der Waals surface area contributed by atoms with E-state index < -0.39 is 0 Å². The molecule has 0 saturated carbocycles. The highest BCUT2D eigenvalue weighted by atomic mass is 32.1. The van der Waals surface area contributed by atoms with Crippen LogP contribution in [0.1, 0.15) is 17.8 Å². The van der Waals surface area contributed by atoms with E-state index in [2.05, 4.69) is 28.5 Å². The summed E-state index contributed by atoms with van der Waals surface area (Å²) in [5.74, 6) is 0. The maximum absolute atomic E-state index is 5.34. The number of hydrogen-bond acceptors (Lipinski definition) is 4. The van der Waals surface area contributed by atoms with Crippen LogP contribution in [-0.2, 0) is 11.2 Å². The molecule has 0 amide bonds. The molecule has 2 aromatic rings. The Hall–Kier alpha value is -0.970. The lowest BCUT2D eigenvalue weighted by molar-refractivity contribution is 0.190. The predicted octanol–water partition coefficient (Wildman–Crippen LogP) is 2.61. The van der Waals surface area contributed by atoms with Gasteiger partial charge in [0.2, 0.25) is 0 Å². The van der Waals surface area contributed by atoms with Gasteiger partial charge in [-0.15, -0.1) is 11.3 Å². The quantitative estimate of drug-likeness (QED) is 0.841. The number of nitrogens with one attached hydrogen (secondary N) is 1. The van der Waals surface area contributed by atoms with Gasteiger partial charge in [-0.3, -0.25) is 0 Å². The van der Waals surface area contributed by atoms with Crippen LogP contribution < -0.4 is 5.32 Å². The number of aryl methyl sites for hydroxylation is 1. The third kappa shape index (κ3) is 2.88. The van der Waals surface area contributed by atoms with Crippen LogP contribution in [0.5, 0.6) is 0 Å². The minimum absolute atomic E-state index is 0.570. The van der Waals surface area contributed by atoms with Gasteiger partial charge in [-0.25, -0.2) is 4.98 Å². The van der Waals surface area contributed by atoms with E-state index in [1.165, 1.54) is 9.71 Å². The van der Waals surface area contributed by atoms with Crippen molar-refractivity contribution in [2.75, 3.05) is 19.8 Å². The minimum atomic E-state index is 0.570. The molecule has 0 aliphatic carbocycles. The fraction of sp³-hybridized carbons (Fsp3) is 0.500. The largest absolute Gasteiger partial charge is 0.380 e. The number of ether oxygens (including phenoxy) is 1. The first-order chi connectivity index (χ1) is 8.92. The number of aromatic nitrogens is 1. The predicted molar refractivity (Wildman–Crippen MR) is 75.2 cm³/mol. The molecule has 3 rings (SSSR count). The standard InChI is InChI=1S/C14H18N2OS/c1-2-5-13-12(4-1)16-14(18-13)6-3-8-15-11-7-9-17-10-11/h1-2,4-5,11,15H,3,6-10H2/t11-/m0/s1. The van der Waals surface area contributed by atoms with Crippen molar-refractivity contribution in [3.05, 3.63) is 29.3 Å². The number of hydrogen-bond donors (Lipinski definition) is 1. The number of benzene rings is 1. The molecule has 1 aliphatic rings. The third-order valence-electron chi connectivity index (χ3n) is 3.27. The summed E-state index contributed by atoms with van der Waals surface area (Å²) in [4.78, 5) is 4.65. The molecule has 2 heterocycles. The van der Waals surface area contributed by atoms with E-state index >= 15 is 0 Å². The van der Waals surface area contributed by atoms with Gasteiger partial charge in [0.15, 0.2) is 0 Å². The van der Waals surface area contributed by atoms with Gasteiger partial charge < -0.3 is 10.1 Å². The van der Waals surface area contributed by atoms with Crippen LogP contribution in [0.4, 0.5) is 0 Å². The molecule has 1 aliphatic heterocycles. The molecule has 1 atom stereocenters. The highest BCUT2D eigenvalue weighted by Gasteiger charge is 2.13. The van der Waals surface area contributed by atoms with Gasteiger partial charge in [0.25, 0.3) is 0 Å². The topological polar surface area (TPSA) is 34.1 Å². The monoisotopic (exact) mass is 262 g/mol. The first-order valence-electron chi connectivity index (χ1n) is 6.57. The summed E-state index contributed by atoms with van der Waals surface area (Å²) >= 11 is 1.82. The van der Waals surface area contributed by atoms with Gasteiger partial charge >= 0.3 is 0 Å². The molecule has 18 heavy (non-hydrogen) atoms. The number of para-hydroxylation sites is 1. The van der Waals surface area contributed by atoms with Crippen molar-refractivity contribution in [2.45, 2.75) is 25.3 Å². The lowest BCUT2D eigenvalue weighted by Crippen LogP contribution is -2.30. The summed E-state index contributed by atoms with van der Waals surface area (Å²) in [6, 6.07) is 8.92. The maximum Gasteiger partial charge on any atom is 0.0939 e. The molecule has 0 unspecified atom stereocenters. The summed E-state index contributed by atoms with van der Waals surface area (Å²) < 4.78 is 6.64. The Kier molecular flexibility index (Phi) is 3.88. The van der Waals surface area contributed by atoms with E-state index in [1.54, 1.807) is 0 Å². The molecular formula is C14H18N2OS. The van der Waals surface area contributed by atoms with Gasteiger partial charge in [-0.2, -0.15) is 0 Å². The zero-order chi connectivity index (χ0) is 12.2. The zero-order valence-corrected chi connectivity index (χ0v) is 11.2. The van der Waals surface area contributed by atoms with E-state index in [4.69, 9.17) is 4.74 Å². The minimum Gasteiger partial charge on any atom is -0.380 e. The Bertz CT molecular complexity index is 472. The SMILES string of the molecule is c1ccc2sc(CCCN[C@H]3CCOC3)nc2c1. The molecule has 96 valence electrons. The van der Waals surface area contributed by atoms with E-state index in [0.29, 0.717) is 6.04 Å². The second-order valence-corrected chi connectivity index (χ2v) is 5.81. The fourth-order valence-electron chi connectivity index (χ4n) is 2.27. The van der Waals surface area contributed by atoms with Crippen molar-refractivity contribution in [3.8, 4) is 0 Å². The number of nitrogens with zero attached hydrogens (tertiary/aromatic N) is 1. The van der Waals surface area contributed by atoms with Crippen molar-refractivity contribution >= 4 is 21.6 Å². The molecular weight excluding hydrogens is 244 g/mol. The Morgan fingerprint density at radius 1 is 1.39 bits per heavy atom. The number of rotatable bonds is 5. The fourth-order valence-corrected chi connectivity index (χ4v) is 3.28. The molecule has 1 saturated heterocycles. The Morgan fingerprint density at radius 2 is 2.33 bits per heavy atom. The Labute approximate surface area is 111 Å². The summed E-state index contributed by atoms with van der Waals surface area (Å²) in [6.07, 6.45) is 3.37. The second-order valence-electron chi connectivity index (χ2n) is 4.69. The van der Waals surface area contributed by atoms with Crippen LogP contribution >= 0.6 is 11.3 Å². The van der Waals surface area contributed by atoms with E-state index in [0.717, 1.165) is 44.5 Å². The van der Waals surface area contributed by atoms with Gasteiger partial charge in [-0.1, -0.05) is 12.1 Å². The van der Waals surface area contributed by atoms with Gasteiger partial charge in [-0.05, 0) is 31.5 Å². The van der Waals surface area contributed by atoms with Crippen molar-refractivity contribution in [1.82, 2.24) is 10.3 Å². The Morgan fingerprint density at radius 3 is 3.17 bits per heavy atom. The van der Waals surface area contributed by atoms with Crippen LogP contribution in [-0.4, -0.2) is 30.8 Å². The van der Waals surface area contributed by atoms with Crippen molar-refractivity contribution in [1.29, 1.82) is 0 Å². The molecule has 1 aromatic heterocycles. The molecule has 1 aromatic carbocycles. The molecule has 0 radical (unpaired) electrons. The zero-order valence-electron chi connectivity index (χ0n) is 10.4. The lowest BCUT2D eigenvalue weighted by Gasteiger charge is -2.09. The van der Waals surface area contributed by atoms with E-state index in [1.807, 2.05) is 17.4 Å². The third-order valence-corrected chi connectivity index (χ3v) is 4.36. The molecule has 4 heteroatoms. The first-order valence-corrected chi connectivity index (χ1v) is 7.39. The van der Waals surface area contributed by atoms with Crippen LogP contribution in [0.2, 0.25) is 0 Å². The van der Waals surface area contributed by atoms with Crippen molar-refractivity contribution in [2.24, 2.45) is 0 Å². The molecule has 0 spiro atoms.